The monoisotopic (exact) mass is 563 g/mol. The summed E-state index contributed by atoms with van der Waals surface area (Å²) >= 11 is 0. The van der Waals surface area contributed by atoms with E-state index in [1.165, 1.54) is 55.8 Å². The van der Waals surface area contributed by atoms with Crippen LogP contribution in [0.4, 0.5) is 17.6 Å². The minimum absolute atomic E-state index is 0.396. The molecule has 0 bridgehead atoms. The number of likely N-dealkylation sites (N-methyl/N-ethyl adjacent to an activating group) is 1. The summed E-state index contributed by atoms with van der Waals surface area (Å²) in [5, 5.41) is 6.52. The number of benzene rings is 2. The van der Waals surface area contributed by atoms with Gasteiger partial charge in [0.2, 0.25) is 0 Å². The zero-order chi connectivity index (χ0) is 29.3. The molecule has 4 heterocycles. The van der Waals surface area contributed by atoms with Crippen LogP contribution in [0.15, 0.2) is 61.1 Å². The van der Waals surface area contributed by atoms with Crippen LogP contribution in [0.3, 0.4) is 0 Å². The van der Waals surface area contributed by atoms with Crippen molar-refractivity contribution >= 4 is 10.9 Å². The lowest BCUT2D eigenvalue weighted by atomic mass is 9.96. The van der Waals surface area contributed by atoms with Gasteiger partial charge in [-0.05, 0) is 55.6 Å². The molecule has 1 aliphatic rings. The number of hydrogen-bond donors (Lipinski definition) is 1. The van der Waals surface area contributed by atoms with Crippen LogP contribution in [0, 0.1) is 12.7 Å². The molecule has 41 heavy (non-hydrogen) atoms. The number of H-pyrrole nitrogens is 1. The highest BCUT2D eigenvalue weighted by molar-refractivity contribution is 5.97. The third kappa shape index (κ3) is 5.63. The first kappa shape index (κ1) is 28.5. The van der Waals surface area contributed by atoms with Gasteiger partial charge >= 0.3 is 6.18 Å². The normalized spacial score (nSPS) is 13.7. The van der Waals surface area contributed by atoms with Crippen molar-refractivity contribution in [2.24, 2.45) is 0 Å². The maximum Gasteiger partial charge on any atom is 0.417 e. The summed E-state index contributed by atoms with van der Waals surface area (Å²) in [7, 11) is 2.21. The second-order valence-electron chi connectivity index (χ2n) is 10.4. The molecule has 0 atom stereocenters. The average Bonchev–Trinajstić information content (AvgIpc) is 3.59. The van der Waals surface area contributed by atoms with E-state index in [9.17, 15) is 17.6 Å². The van der Waals surface area contributed by atoms with Crippen LogP contribution in [-0.2, 0) is 32.0 Å². The highest BCUT2D eigenvalue weighted by Crippen LogP contribution is 2.38. The Bertz CT molecular complexity index is 1660. The van der Waals surface area contributed by atoms with Gasteiger partial charge in [0.1, 0.15) is 5.82 Å². The fourth-order valence-corrected chi connectivity index (χ4v) is 5.51. The summed E-state index contributed by atoms with van der Waals surface area (Å²) in [5.41, 5.74) is 10.6. The lowest BCUT2D eigenvalue weighted by Gasteiger charge is -2.22. The van der Waals surface area contributed by atoms with Crippen LogP contribution < -0.4 is 0 Å². The van der Waals surface area contributed by atoms with E-state index in [4.69, 9.17) is 5.10 Å². The van der Waals surface area contributed by atoms with Crippen molar-refractivity contribution in [1.29, 1.82) is 0 Å². The maximum absolute atomic E-state index is 12.1. The number of aromatic nitrogens is 4. The van der Waals surface area contributed by atoms with Crippen molar-refractivity contribution in [3.8, 4) is 16.9 Å². The van der Waals surface area contributed by atoms with E-state index >= 15 is 0 Å². The second-order valence-corrected chi connectivity index (χ2v) is 10.4. The molecule has 6 rings (SSSR count). The highest BCUT2D eigenvalue weighted by atomic mass is 19.4. The number of para-hydroxylation sites is 1. The number of pyridine rings is 1. The molecule has 1 N–H and O–H groups in total. The summed E-state index contributed by atoms with van der Waals surface area (Å²) in [5.74, 6) is -0.986. The zero-order valence-electron chi connectivity index (χ0n) is 23.6. The molecule has 0 saturated heterocycles. The minimum Gasteiger partial charge on any atom is -0.361 e. The Morgan fingerprint density at radius 3 is 2.37 bits per heavy atom. The molecule has 0 spiro atoms. The number of aryl methyl sites for hydroxylation is 3. The van der Waals surface area contributed by atoms with Crippen molar-refractivity contribution in [3.63, 3.8) is 0 Å². The molecule has 5 aromatic rings. The molecule has 1 aliphatic heterocycles. The molecule has 0 aliphatic carbocycles. The van der Waals surface area contributed by atoms with Gasteiger partial charge in [-0.1, -0.05) is 44.2 Å². The molecule has 3 aromatic heterocycles. The molecule has 0 saturated carbocycles. The lowest BCUT2D eigenvalue weighted by molar-refractivity contribution is -0.138. The van der Waals surface area contributed by atoms with Gasteiger partial charge < -0.3 is 9.88 Å². The Balaban J connectivity index is 0.000000259. The molecular formula is C32H33F4N5. The number of alkyl halides is 3. The summed E-state index contributed by atoms with van der Waals surface area (Å²) in [4.78, 5) is 8.91. The lowest BCUT2D eigenvalue weighted by Crippen LogP contribution is -2.26. The molecule has 0 radical (unpaired) electrons. The Morgan fingerprint density at radius 2 is 1.73 bits per heavy atom. The molecule has 0 unspecified atom stereocenters. The number of fused-ring (bicyclic) bond motifs is 2. The van der Waals surface area contributed by atoms with Crippen LogP contribution in [0.1, 0.15) is 47.4 Å². The van der Waals surface area contributed by atoms with Gasteiger partial charge in [0.25, 0.3) is 0 Å². The number of aromatic amines is 1. The Labute approximate surface area is 236 Å². The van der Waals surface area contributed by atoms with Crippen LogP contribution in [-0.4, -0.2) is 38.2 Å². The predicted octanol–water partition coefficient (Wildman–Crippen LogP) is 7.68. The number of nitrogens with one attached hydrogen (secondary N) is 1. The first-order chi connectivity index (χ1) is 19.6. The van der Waals surface area contributed by atoms with Gasteiger partial charge in [-0.2, -0.15) is 18.3 Å². The zero-order valence-corrected chi connectivity index (χ0v) is 23.6. The third-order valence-corrected chi connectivity index (χ3v) is 7.62. The topological polar surface area (TPSA) is 49.7 Å². The standard InChI is InChI=1S/C26H30N4.C6H3F4N/c1-5-18-8-7-9-19(6-2)25(18)30-26(22-16-29(4)15-13-23(22)28-30)21-11-10-17(3)24-20(21)12-14-27-24;7-5-1-4(2-11-3-5)6(8,9)10/h7-12,14,27H,5-6,13,15-16H2,1-4H3;1-3H. The Morgan fingerprint density at radius 1 is 1.00 bits per heavy atom. The van der Waals surface area contributed by atoms with Gasteiger partial charge in [-0.15, -0.1) is 0 Å². The third-order valence-electron chi connectivity index (χ3n) is 7.62. The van der Waals surface area contributed by atoms with Crippen molar-refractivity contribution in [3.05, 3.63) is 100 Å². The van der Waals surface area contributed by atoms with E-state index in [-0.39, 0.29) is 0 Å². The molecule has 0 fully saturated rings. The summed E-state index contributed by atoms with van der Waals surface area (Å²) in [6.45, 7) is 8.66. The summed E-state index contributed by atoms with van der Waals surface area (Å²) < 4.78 is 49.7. The minimum atomic E-state index is -4.52. The fourth-order valence-electron chi connectivity index (χ4n) is 5.51. The van der Waals surface area contributed by atoms with E-state index in [1.807, 2.05) is 0 Å². The second kappa shape index (κ2) is 11.5. The van der Waals surface area contributed by atoms with Crippen LogP contribution in [0.2, 0.25) is 0 Å². The van der Waals surface area contributed by atoms with E-state index < -0.39 is 17.6 Å². The SMILES string of the molecule is CCc1cccc(CC)c1-n1nc2c(c1-c1ccc(C)c3[nH]ccc13)CN(C)CC2.Fc1cncc(C(F)(F)F)c1. The van der Waals surface area contributed by atoms with Crippen molar-refractivity contribution in [1.82, 2.24) is 24.6 Å². The molecule has 214 valence electrons. The first-order valence-electron chi connectivity index (χ1n) is 13.8. The number of rotatable bonds is 4. The van der Waals surface area contributed by atoms with Gasteiger partial charge in [-0.25, -0.2) is 9.07 Å². The van der Waals surface area contributed by atoms with Crippen LogP contribution in [0.25, 0.3) is 27.8 Å². The van der Waals surface area contributed by atoms with Crippen molar-refractivity contribution < 1.29 is 17.6 Å². The molecule has 0 amide bonds. The quantitative estimate of drug-likeness (QED) is 0.228. The predicted molar refractivity (Wildman–Crippen MR) is 154 cm³/mol. The van der Waals surface area contributed by atoms with Crippen molar-refractivity contribution in [2.75, 3.05) is 13.6 Å². The van der Waals surface area contributed by atoms with E-state index in [2.05, 4.69) is 90.0 Å². The Hall–Kier alpha value is -3.98. The van der Waals surface area contributed by atoms with Gasteiger partial charge in [0.05, 0.1) is 28.8 Å². The van der Waals surface area contributed by atoms with E-state index in [1.54, 1.807) is 0 Å². The Kier molecular flexibility index (Phi) is 8.00. The van der Waals surface area contributed by atoms with Gasteiger partial charge in [0.15, 0.2) is 0 Å². The van der Waals surface area contributed by atoms with Crippen LogP contribution in [0.5, 0.6) is 0 Å². The molecule has 5 nitrogen and oxygen atoms in total. The number of nitrogens with zero attached hydrogens (tertiary/aromatic N) is 4. The highest BCUT2D eigenvalue weighted by Gasteiger charge is 2.31. The van der Waals surface area contributed by atoms with E-state index in [0.717, 1.165) is 38.5 Å². The van der Waals surface area contributed by atoms with Gasteiger partial charge in [0, 0.05) is 53.9 Å². The molecule has 2 aromatic carbocycles. The summed E-state index contributed by atoms with van der Waals surface area (Å²) in [6.07, 6.45) is 1.83. The molecular weight excluding hydrogens is 530 g/mol. The molecule has 9 heteroatoms. The first-order valence-corrected chi connectivity index (χ1v) is 13.8. The fraction of sp³-hybridized carbons (Fsp3) is 0.312. The number of halogens is 4. The smallest absolute Gasteiger partial charge is 0.361 e. The summed E-state index contributed by atoms with van der Waals surface area (Å²) in [6, 6.07) is 13.8. The van der Waals surface area contributed by atoms with Crippen molar-refractivity contribution in [2.45, 2.75) is 52.8 Å². The maximum atomic E-state index is 12.1. The number of hydrogen-bond acceptors (Lipinski definition) is 3. The van der Waals surface area contributed by atoms with Gasteiger partial charge in [-0.3, -0.25) is 4.98 Å². The van der Waals surface area contributed by atoms with Crippen LogP contribution >= 0.6 is 0 Å². The largest absolute Gasteiger partial charge is 0.417 e. The average molecular weight is 564 g/mol. The van der Waals surface area contributed by atoms with E-state index in [0.29, 0.717) is 12.3 Å².